The van der Waals surface area contributed by atoms with E-state index < -0.39 is 24.2 Å². The van der Waals surface area contributed by atoms with Crippen molar-refractivity contribution in [2.45, 2.75) is 89.8 Å². The van der Waals surface area contributed by atoms with Gasteiger partial charge in [-0.05, 0) is 85.3 Å². The summed E-state index contributed by atoms with van der Waals surface area (Å²) in [5.74, 6) is -0.742. The molecule has 0 N–H and O–H groups in total. The fraction of sp³-hybridized carbons (Fsp3) is 0.459. The average Bonchev–Trinajstić information content (AvgIpc) is 3.05. The number of ether oxygens (including phenoxy) is 4. The number of halogens is 3. The van der Waals surface area contributed by atoms with Crippen LogP contribution in [0.1, 0.15) is 98.3 Å². The first-order valence-electron chi connectivity index (χ1n) is 16.1. The summed E-state index contributed by atoms with van der Waals surface area (Å²) < 4.78 is 61.2. The molecule has 0 aromatic heterocycles. The van der Waals surface area contributed by atoms with Crippen molar-refractivity contribution in [2.75, 3.05) is 20.3 Å². The predicted octanol–water partition coefficient (Wildman–Crippen LogP) is 10.00. The Labute approximate surface area is 270 Å². The van der Waals surface area contributed by atoms with Gasteiger partial charge in [-0.1, -0.05) is 76.1 Å². The van der Waals surface area contributed by atoms with E-state index in [2.05, 4.69) is 6.92 Å². The Morgan fingerprint density at radius 1 is 0.630 bits per heavy atom. The average molecular weight is 643 g/mol. The Morgan fingerprint density at radius 2 is 1.13 bits per heavy atom. The molecule has 0 aliphatic rings. The molecule has 1 unspecified atom stereocenters. The lowest BCUT2D eigenvalue weighted by Crippen LogP contribution is -2.33. The van der Waals surface area contributed by atoms with Crippen LogP contribution < -0.4 is 9.47 Å². The highest BCUT2D eigenvalue weighted by molar-refractivity contribution is 5.92. The van der Waals surface area contributed by atoms with Crippen LogP contribution >= 0.6 is 0 Å². The number of esters is 2. The second-order valence-electron chi connectivity index (χ2n) is 11.3. The zero-order valence-corrected chi connectivity index (χ0v) is 26.8. The summed E-state index contributed by atoms with van der Waals surface area (Å²) in [7, 11) is 1.53. The molecule has 0 bridgehead atoms. The highest BCUT2D eigenvalue weighted by atomic mass is 19.4. The highest BCUT2D eigenvalue weighted by Crippen LogP contribution is 2.29. The Kier molecular flexibility index (Phi) is 15.6. The molecule has 0 radical (unpaired) electrons. The minimum Gasteiger partial charge on any atom is -0.494 e. The van der Waals surface area contributed by atoms with E-state index >= 15 is 0 Å². The molecule has 250 valence electrons. The van der Waals surface area contributed by atoms with E-state index in [1.54, 1.807) is 12.1 Å². The van der Waals surface area contributed by atoms with Crippen LogP contribution in [0.3, 0.4) is 0 Å². The van der Waals surface area contributed by atoms with Gasteiger partial charge in [-0.25, -0.2) is 9.59 Å². The summed E-state index contributed by atoms with van der Waals surface area (Å²) in [5, 5.41) is 0. The van der Waals surface area contributed by atoms with Gasteiger partial charge in [0.2, 0.25) is 0 Å². The lowest BCUT2D eigenvalue weighted by molar-refractivity contribution is -0.206. The molecule has 0 fully saturated rings. The molecule has 0 heterocycles. The topological polar surface area (TPSA) is 71.1 Å². The summed E-state index contributed by atoms with van der Waals surface area (Å²) >= 11 is 0. The number of rotatable bonds is 20. The number of unbranched alkanes of at least 4 members (excludes halogenated alkanes) is 8. The first-order valence-corrected chi connectivity index (χ1v) is 16.1. The zero-order chi connectivity index (χ0) is 33.2. The highest BCUT2D eigenvalue weighted by Gasteiger charge is 2.42. The zero-order valence-electron chi connectivity index (χ0n) is 26.8. The van der Waals surface area contributed by atoms with Crippen LogP contribution in [-0.2, 0) is 9.47 Å². The normalized spacial score (nSPS) is 12.0. The molecule has 0 amide bonds. The Balaban J connectivity index is 1.46. The number of benzene rings is 3. The Hall–Kier alpha value is -3.85. The van der Waals surface area contributed by atoms with Gasteiger partial charge in [0.15, 0.2) is 6.10 Å². The number of carbonyl (C=O) groups excluding carboxylic acids is 2. The molecular formula is C37H45F3O6. The van der Waals surface area contributed by atoms with Crippen LogP contribution in [0.2, 0.25) is 0 Å². The van der Waals surface area contributed by atoms with E-state index in [0.717, 1.165) is 23.3 Å². The van der Waals surface area contributed by atoms with Crippen molar-refractivity contribution in [3.05, 3.63) is 83.9 Å². The SMILES string of the molecule is CCCCCCCCCOc1ccc(-c2ccc(C(=O)Oc3ccc(C(=O)OC(CCCCCOC)C(F)(F)F)cc3)cc2)cc1. The molecule has 0 aliphatic carbocycles. The van der Waals surface area contributed by atoms with Crippen molar-refractivity contribution in [1.82, 2.24) is 0 Å². The molecule has 0 spiro atoms. The molecular weight excluding hydrogens is 597 g/mol. The molecule has 0 aliphatic heterocycles. The third-order valence-electron chi connectivity index (χ3n) is 7.55. The largest absolute Gasteiger partial charge is 0.494 e. The quantitative estimate of drug-likeness (QED) is 0.0694. The second-order valence-corrected chi connectivity index (χ2v) is 11.3. The third kappa shape index (κ3) is 12.9. The molecule has 3 aromatic carbocycles. The lowest BCUT2D eigenvalue weighted by atomic mass is 10.0. The monoisotopic (exact) mass is 642 g/mol. The number of carbonyl (C=O) groups is 2. The maximum atomic E-state index is 13.4. The molecule has 6 nitrogen and oxygen atoms in total. The number of methoxy groups -OCH3 is 1. The molecule has 0 saturated carbocycles. The molecule has 9 heteroatoms. The van der Waals surface area contributed by atoms with Crippen LogP contribution in [0.5, 0.6) is 11.5 Å². The standard InChI is InChI=1S/C37H45F3O6/c1-3-4-5-6-7-8-12-27-44-32-22-18-29(19-23-32)28-14-16-30(17-15-28)35(41)45-33-24-20-31(21-25-33)36(42)46-34(37(38,39)40)13-10-9-11-26-43-2/h14-25,34H,3-13,26-27H2,1-2H3. The first-order chi connectivity index (χ1) is 22.2. The van der Waals surface area contributed by atoms with Gasteiger partial charge in [-0.2, -0.15) is 13.2 Å². The first kappa shape index (κ1) is 36.6. The number of alkyl halides is 3. The van der Waals surface area contributed by atoms with Crippen molar-refractivity contribution >= 4 is 11.9 Å². The van der Waals surface area contributed by atoms with E-state index in [9.17, 15) is 22.8 Å². The molecule has 3 rings (SSSR count). The molecule has 3 aromatic rings. The van der Waals surface area contributed by atoms with Crippen molar-refractivity contribution in [3.63, 3.8) is 0 Å². The maximum Gasteiger partial charge on any atom is 0.425 e. The predicted molar refractivity (Wildman–Crippen MR) is 172 cm³/mol. The Bertz CT molecular complexity index is 1300. The lowest BCUT2D eigenvalue weighted by Gasteiger charge is -2.20. The molecule has 0 saturated heterocycles. The molecule has 1 atom stereocenters. The number of hydrogen-bond donors (Lipinski definition) is 0. The minimum atomic E-state index is -4.67. The third-order valence-corrected chi connectivity index (χ3v) is 7.55. The van der Waals surface area contributed by atoms with Crippen LogP contribution in [0.25, 0.3) is 11.1 Å². The number of hydrogen-bond acceptors (Lipinski definition) is 6. The van der Waals surface area contributed by atoms with Crippen LogP contribution in [0.15, 0.2) is 72.8 Å². The van der Waals surface area contributed by atoms with Gasteiger partial charge in [0.05, 0.1) is 17.7 Å². The van der Waals surface area contributed by atoms with Gasteiger partial charge in [0.1, 0.15) is 11.5 Å². The van der Waals surface area contributed by atoms with Gasteiger partial charge < -0.3 is 18.9 Å². The fourth-order valence-corrected chi connectivity index (χ4v) is 4.86. The second kappa shape index (κ2) is 19.6. The van der Waals surface area contributed by atoms with E-state index in [4.69, 9.17) is 18.9 Å². The Morgan fingerprint density at radius 3 is 1.74 bits per heavy atom. The smallest absolute Gasteiger partial charge is 0.425 e. The van der Waals surface area contributed by atoms with E-state index in [0.29, 0.717) is 31.6 Å². The maximum absolute atomic E-state index is 13.4. The van der Waals surface area contributed by atoms with Crippen LogP contribution in [0, 0.1) is 0 Å². The summed E-state index contributed by atoms with van der Waals surface area (Å²) in [4.78, 5) is 25.1. The summed E-state index contributed by atoms with van der Waals surface area (Å²) in [6.07, 6.45) is 2.84. The van der Waals surface area contributed by atoms with Gasteiger partial charge in [-0.15, -0.1) is 0 Å². The van der Waals surface area contributed by atoms with Crippen molar-refractivity contribution in [3.8, 4) is 22.6 Å². The van der Waals surface area contributed by atoms with Crippen LogP contribution in [0.4, 0.5) is 13.2 Å². The van der Waals surface area contributed by atoms with E-state index in [1.165, 1.54) is 69.9 Å². The van der Waals surface area contributed by atoms with Gasteiger partial charge in [0, 0.05) is 13.7 Å². The van der Waals surface area contributed by atoms with Crippen molar-refractivity contribution < 1.29 is 41.7 Å². The van der Waals surface area contributed by atoms with Crippen molar-refractivity contribution in [1.29, 1.82) is 0 Å². The van der Waals surface area contributed by atoms with Gasteiger partial charge >= 0.3 is 18.1 Å². The summed E-state index contributed by atoms with van der Waals surface area (Å²) in [6, 6.07) is 20.0. The fourth-order valence-electron chi connectivity index (χ4n) is 4.86. The van der Waals surface area contributed by atoms with Gasteiger partial charge in [-0.3, -0.25) is 0 Å². The van der Waals surface area contributed by atoms with Crippen LogP contribution in [-0.4, -0.2) is 44.5 Å². The minimum absolute atomic E-state index is 0.0768. The van der Waals surface area contributed by atoms with Crippen molar-refractivity contribution in [2.24, 2.45) is 0 Å². The summed E-state index contributed by atoms with van der Waals surface area (Å²) in [6.45, 7) is 3.38. The van der Waals surface area contributed by atoms with E-state index in [-0.39, 0.29) is 24.2 Å². The van der Waals surface area contributed by atoms with E-state index in [1.807, 2.05) is 36.4 Å². The van der Waals surface area contributed by atoms with Gasteiger partial charge in [0.25, 0.3) is 0 Å². The summed E-state index contributed by atoms with van der Waals surface area (Å²) in [5.41, 5.74) is 2.14. The molecule has 46 heavy (non-hydrogen) atoms.